The van der Waals surface area contributed by atoms with Crippen LogP contribution in [0.3, 0.4) is 0 Å². The predicted molar refractivity (Wildman–Crippen MR) is 53.3 cm³/mol. The topological polar surface area (TPSA) is 48.7 Å². The Morgan fingerprint density at radius 2 is 2.21 bits per heavy atom. The molecule has 1 aromatic heterocycles. The van der Waals surface area contributed by atoms with Crippen molar-refractivity contribution in [2.45, 2.75) is 12.5 Å². The van der Waals surface area contributed by atoms with Crippen LogP contribution < -0.4 is 5.32 Å². The fourth-order valence-electron chi connectivity index (χ4n) is 1.58. The zero-order chi connectivity index (χ0) is 9.80. The van der Waals surface area contributed by atoms with Crippen molar-refractivity contribution in [2.24, 2.45) is 0 Å². The van der Waals surface area contributed by atoms with Crippen LogP contribution in [0.4, 0.5) is 0 Å². The molecule has 0 aliphatic carbocycles. The zero-order valence-electron chi connectivity index (χ0n) is 7.77. The highest BCUT2D eigenvalue weighted by molar-refractivity contribution is 5.27. The molecule has 1 aliphatic rings. The smallest absolute Gasteiger partial charge is 0.0957 e. The molecule has 2 rings (SSSR count). The fourth-order valence-corrected chi connectivity index (χ4v) is 1.58. The van der Waals surface area contributed by atoms with E-state index in [0.717, 1.165) is 12.0 Å². The van der Waals surface area contributed by atoms with E-state index in [1.165, 1.54) is 5.56 Å². The number of aromatic nitrogens is 1. The minimum atomic E-state index is 0.329. The van der Waals surface area contributed by atoms with Crippen LogP contribution in [0.1, 0.15) is 18.0 Å². The van der Waals surface area contributed by atoms with Gasteiger partial charge >= 0.3 is 0 Å². The molecule has 0 saturated heterocycles. The summed E-state index contributed by atoms with van der Waals surface area (Å²) in [6.45, 7) is 0.670. The first kappa shape index (κ1) is 8.92. The molecule has 0 bridgehead atoms. The van der Waals surface area contributed by atoms with Gasteiger partial charge in [0.05, 0.1) is 6.07 Å². The number of nitrogens with one attached hydrogen (secondary N) is 1. The molecular weight excluding hydrogens is 174 g/mol. The molecule has 2 heterocycles. The van der Waals surface area contributed by atoms with Crippen molar-refractivity contribution >= 4 is 0 Å². The summed E-state index contributed by atoms with van der Waals surface area (Å²) < 4.78 is 0. The van der Waals surface area contributed by atoms with Gasteiger partial charge in [0, 0.05) is 30.6 Å². The van der Waals surface area contributed by atoms with Crippen LogP contribution in [0.2, 0.25) is 0 Å². The second-order valence-corrected chi connectivity index (χ2v) is 3.29. The minimum Gasteiger partial charge on any atom is -0.305 e. The molecule has 70 valence electrons. The Morgan fingerprint density at radius 3 is 2.79 bits per heavy atom. The second-order valence-electron chi connectivity index (χ2n) is 3.29. The molecule has 0 aromatic carbocycles. The van der Waals surface area contributed by atoms with Gasteiger partial charge in [-0.2, -0.15) is 5.26 Å². The lowest BCUT2D eigenvalue weighted by atomic mass is 10.00. The largest absolute Gasteiger partial charge is 0.305 e. The molecule has 14 heavy (non-hydrogen) atoms. The summed E-state index contributed by atoms with van der Waals surface area (Å²) in [5, 5.41) is 12.0. The van der Waals surface area contributed by atoms with Crippen molar-refractivity contribution in [1.29, 1.82) is 5.26 Å². The third kappa shape index (κ3) is 1.81. The molecule has 0 spiro atoms. The lowest BCUT2D eigenvalue weighted by Crippen LogP contribution is -2.26. The Balaban J connectivity index is 2.11. The Hall–Kier alpha value is -1.66. The lowest BCUT2D eigenvalue weighted by molar-refractivity contribution is 0.546. The highest BCUT2D eigenvalue weighted by Gasteiger charge is 2.14. The number of pyridine rings is 1. The van der Waals surface area contributed by atoms with E-state index in [-0.39, 0.29) is 0 Å². The summed E-state index contributed by atoms with van der Waals surface area (Å²) in [6, 6.07) is 6.50. The third-order valence-electron chi connectivity index (χ3n) is 2.39. The van der Waals surface area contributed by atoms with Gasteiger partial charge in [-0.25, -0.2) is 0 Å². The van der Waals surface area contributed by atoms with Crippen LogP contribution in [0.5, 0.6) is 0 Å². The number of nitriles is 1. The summed E-state index contributed by atoms with van der Waals surface area (Å²) in [5.74, 6) is 0. The van der Waals surface area contributed by atoms with Gasteiger partial charge in [-0.05, 0) is 24.1 Å². The van der Waals surface area contributed by atoms with Crippen molar-refractivity contribution in [3.8, 4) is 6.07 Å². The van der Waals surface area contributed by atoms with Crippen molar-refractivity contribution in [2.75, 3.05) is 6.54 Å². The first-order valence-corrected chi connectivity index (χ1v) is 4.62. The molecule has 0 saturated carbocycles. The summed E-state index contributed by atoms with van der Waals surface area (Å²) in [4.78, 5) is 3.98. The molecule has 1 aromatic rings. The molecular formula is C11H11N3. The molecule has 0 amide bonds. The van der Waals surface area contributed by atoms with E-state index in [9.17, 15) is 0 Å². The highest BCUT2D eigenvalue weighted by atomic mass is 14.9. The van der Waals surface area contributed by atoms with Gasteiger partial charge in [-0.15, -0.1) is 0 Å². The van der Waals surface area contributed by atoms with Crippen molar-refractivity contribution in [3.63, 3.8) is 0 Å². The predicted octanol–water partition coefficient (Wildman–Crippen LogP) is 1.57. The van der Waals surface area contributed by atoms with Gasteiger partial charge in [0.15, 0.2) is 0 Å². The van der Waals surface area contributed by atoms with Crippen LogP contribution in [0.25, 0.3) is 0 Å². The standard InChI is InChI=1S/C11H11N3/c12-7-9-1-2-11(14-8-9)10-3-5-13-6-4-10/h1,3-6,11,14H,2,8H2. The van der Waals surface area contributed by atoms with E-state index in [1.807, 2.05) is 18.2 Å². The molecule has 1 N–H and O–H groups in total. The van der Waals surface area contributed by atoms with Crippen LogP contribution in [-0.2, 0) is 0 Å². The van der Waals surface area contributed by atoms with E-state index >= 15 is 0 Å². The SMILES string of the molecule is N#CC1=CCC(c2ccncc2)NC1. The zero-order valence-corrected chi connectivity index (χ0v) is 7.77. The van der Waals surface area contributed by atoms with Crippen LogP contribution >= 0.6 is 0 Å². The molecule has 0 fully saturated rings. The number of nitrogens with zero attached hydrogens (tertiary/aromatic N) is 2. The van der Waals surface area contributed by atoms with Crippen LogP contribution in [0.15, 0.2) is 36.2 Å². The van der Waals surface area contributed by atoms with E-state index < -0.39 is 0 Å². The van der Waals surface area contributed by atoms with E-state index in [2.05, 4.69) is 16.4 Å². The number of hydrogen-bond acceptors (Lipinski definition) is 3. The van der Waals surface area contributed by atoms with Gasteiger partial charge in [-0.1, -0.05) is 6.08 Å². The third-order valence-corrected chi connectivity index (χ3v) is 2.39. The molecule has 3 nitrogen and oxygen atoms in total. The Bertz CT molecular complexity index is 375. The Labute approximate surface area is 83.1 Å². The number of hydrogen-bond donors (Lipinski definition) is 1. The maximum Gasteiger partial charge on any atom is 0.0957 e. The molecule has 1 unspecified atom stereocenters. The van der Waals surface area contributed by atoms with Gasteiger partial charge in [0.2, 0.25) is 0 Å². The molecule has 1 atom stereocenters. The van der Waals surface area contributed by atoms with Crippen molar-refractivity contribution in [3.05, 3.63) is 41.7 Å². The number of rotatable bonds is 1. The van der Waals surface area contributed by atoms with E-state index in [4.69, 9.17) is 5.26 Å². The summed E-state index contributed by atoms with van der Waals surface area (Å²) in [7, 11) is 0. The van der Waals surface area contributed by atoms with Gasteiger partial charge < -0.3 is 5.32 Å². The maximum absolute atomic E-state index is 8.68. The molecule has 1 aliphatic heterocycles. The van der Waals surface area contributed by atoms with E-state index in [0.29, 0.717) is 12.6 Å². The monoisotopic (exact) mass is 185 g/mol. The van der Waals surface area contributed by atoms with Crippen LogP contribution in [0, 0.1) is 11.3 Å². The Kier molecular flexibility index (Phi) is 2.57. The lowest BCUT2D eigenvalue weighted by Gasteiger charge is -2.21. The fraction of sp³-hybridized carbons (Fsp3) is 0.273. The van der Waals surface area contributed by atoms with Gasteiger partial charge in [0.25, 0.3) is 0 Å². The maximum atomic E-state index is 8.68. The summed E-state index contributed by atoms with van der Waals surface area (Å²) >= 11 is 0. The normalized spacial score (nSPS) is 21.1. The van der Waals surface area contributed by atoms with E-state index in [1.54, 1.807) is 12.4 Å². The van der Waals surface area contributed by atoms with Crippen LogP contribution in [-0.4, -0.2) is 11.5 Å². The molecule has 0 radical (unpaired) electrons. The summed E-state index contributed by atoms with van der Waals surface area (Å²) in [5.41, 5.74) is 2.06. The van der Waals surface area contributed by atoms with Crippen molar-refractivity contribution in [1.82, 2.24) is 10.3 Å². The highest BCUT2D eigenvalue weighted by Crippen LogP contribution is 2.20. The first-order chi connectivity index (χ1) is 6.90. The van der Waals surface area contributed by atoms with Gasteiger partial charge in [0.1, 0.15) is 0 Å². The molecule has 3 heteroatoms. The minimum absolute atomic E-state index is 0.329. The average Bonchev–Trinajstić information content (AvgIpc) is 2.30. The Morgan fingerprint density at radius 1 is 1.43 bits per heavy atom. The van der Waals surface area contributed by atoms with Gasteiger partial charge in [-0.3, -0.25) is 4.98 Å². The summed E-state index contributed by atoms with van der Waals surface area (Å²) in [6.07, 6.45) is 6.47. The van der Waals surface area contributed by atoms with Crippen molar-refractivity contribution < 1.29 is 0 Å². The quantitative estimate of drug-likeness (QED) is 0.722. The first-order valence-electron chi connectivity index (χ1n) is 4.62. The average molecular weight is 185 g/mol. The second kappa shape index (κ2) is 4.03.